The summed E-state index contributed by atoms with van der Waals surface area (Å²) in [6.07, 6.45) is 7.74. The van der Waals surface area contributed by atoms with E-state index < -0.39 is 5.79 Å². The van der Waals surface area contributed by atoms with E-state index in [1.54, 1.807) is 6.33 Å². The molecular weight excluding hydrogens is 492 g/mol. The Hall–Kier alpha value is -2.35. The van der Waals surface area contributed by atoms with Gasteiger partial charge in [-0.15, -0.1) is 0 Å². The van der Waals surface area contributed by atoms with E-state index in [9.17, 15) is 0 Å². The van der Waals surface area contributed by atoms with Crippen molar-refractivity contribution in [3.63, 3.8) is 0 Å². The fourth-order valence-electron chi connectivity index (χ4n) is 6.07. The van der Waals surface area contributed by atoms with E-state index in [1.807, 2.05) is 27.0 Å². The molecule has 0 amide bonds. The largest absolute Gasteiger partial charge is 0.344 e. The predicted octanol–water partition coefficient (Wildman–Crippen LogP) is 6.01. The number of rotatable bonds is 4. The van der Waals surface area contributed by atoms with Gasteiger partial charge in [0.25, 0.3) is 0 Å². The second-order valence-electron chi connectivity index (χ2n) is 10.2. The van der Waals surface area contributed by atoms with Gasteiger partial charge in [0.15, 0.2) is 5.79 Å². The first-order chi connectivity index (χ1) is 16.3. The number of benzene rings is 1. The molecule has 1 saturated carbocycles. The maximum atomic E-state index is 6.51. The Labute approximate surface area is 207 Å². The van der Waals surface area contributed by atoms with Gasteiger partial charge in [0.2, 0.25) is 0 Å². The van der Waals surface area contributed by atoms with Gasteiger partial charge >= 0.3 is 0 Å². The molecule has 1 aliphatic heterocycles. The van der Waals surface area contributed by atoms with Crippen molar-refractivity contribution in [2.75, 3.05) is 0 Å². The van der Waals surface area contributed by atoms with E-state index in [2.05, 4.69) is 78.9 Å². The third kappa shape index (κ3) is 3.65. The number of fused-ring (bicyclic) bond motifs is 3. The second-order valence-corrected chi connectivity index (χ2v) is 11.1. The summed E-state index contributed by atoms with van der Waals surface area (Å²) in [6, 6.07) is 11.0. The summed E-state index contributed by atoms with van der Waals surface area (Å²) in [7, 11) is 0. The summed E-state index contributed by atoms with van der Waals surface area (Å²) in [6.45, 7) is 8.43. The molecule has 7 heteroatoms. The normalized spacial score (nSPS) is 28.1. The Kier molecular flexibility index (Phi) is 5.28. The summed E-state index contributed by atoms with van der Waals surface area (Å²) in [5.74, 6) is 0.178. The molecule has 1 saturated heterocycles. The van der Waals surface area contributed by atoms with E-state index in [1.165, 1.54) is 5.56 Å². The average Bonchev–Trinajstić information content (AvgIpc) is 3.42. The molecule has 1 aliphatic carbocycles. The van der Waals surface area contributed by atoms with Crippen LogP contribution in [0.15, 0.2) is 53.5 Å². The number of ether oxygens (including phenoxy) is 2. The van der Waals surface area contributed by atoms with Crippen LogP contribution in [0.25, 0.3) is 21.9 Å². The van der Waals surface area contributed by atoms with Crippen LogP contribution in [0.2, 0.25) is 0 Å². The Morgan fingerprint density at radius 2 is 1.88 bits per heavy atom. The Morgan fingerprint density at radius 3 is 2.74 bits per heavy atom. The van der Waals surface area contributed by atoms with Crippen molar-refractivity contribution in [1.82, 2.24) is 19.5 Å². The zero-order valence-electron chi connectivity index (χ0n) is 19.9. The van der Waals surface area contributed by atoms with Crippen molar-refractivity contribution in [3.8, 4) is 0 Å². The molecule has 0 bridgehead atoms. The van der Waals surface area contributed by atoms with Crippen molar-refractivity contribution in [2.45, 2.75) is 64.6 Å². The molecule has 2 aliphatic rings. The third-order valence-electron chi connectivity index (χ3n) is 7.65. The van der Waals surface area contributed by atoms with Crippen LogP contribution < -0.4 is 0 Å². The zero-order valence-corrected chi connectivity index (χ0v) is 21.5. The van der Waals surface area contributed by atoms with Crippen LogP contribution in [0.5, 0.6) is 0 Å². The standard InChI is InChI=1S/C27H29BrN4O2/c1-15-20(8-6-17-5-7-18-12-19(28)13-29-22(18)11-17)24-25(34-27(3,4)33-24)23(15)32-10-9-21-16(2)30-14-31-26(21)32/h5,7,9-15,20,23-25H,6,8H2,1-4H3/t15-,20?,23?,24+,25-/m0/s1. The maximum Gasteiger partial charge on any atom is 0.163 e. The Bertz CT molecular complexity index is 1380. The fourth-order valence-corrected chi connectivity index (χ4v) is 6.42. The van der Waals surface area contributed by atoms with Crippen LogP contribution >= 0.6 is 15.9 Å². The quantitative estimate of drug-likeness (QED) is 0.329. The van der Waals surface area contributed by atoms with E-state index in [4.69, 9.17) is 9.47 Å². The van der Waals surface area contributed by atoms with Gasteiger partial charge in [-0.1, -0.05) is 19.1 Å². The number of aryl methyl sites for hydroxylation is 2. The van der Waals surface area contributed by atoms with E-state index in [-0.39, 0.29) is 18.2 Å². The van der Waals surface area contributed by atoms with Crippen LogP contribution in [-0.2, 0) is 15.9 Å². The SMILES string of the molecule is Cc1ncnc2c1ccn2C1[C@@H](C)C(CCc2ccc3cc(Br)cnc3c2)[C@H]2OC(C)(C)O[C@@H]12. The minimum atomic E-state index is -0.583. The monoisotopic (exact) mass is 520 g/mol. The minimum absolute atomic E-state index is 0.00325. The van der Waals surface area contributed by atoms with Gasteiger partial charge in [-0.3, -0.25) is 4.98 Å². The van der Waals surface area contributed by atoms with Crippen LogP contribution in [0.4, 0.5) is 0 Å². The van der Waals surface area contributed by atoms with E-state index in [0.717, 1.165) is 44.9 Å². The highest BCUT2D eigenvalue weighted by atomic mass is 79.9. The first kappa shape index (κ1) is 22.1. The molecule has 34 heavy (non-hydrogen) atoms. The van der Waals surface area contributed by atoms with Crippen molar-refractivity contribution in [2.24, 2.45) is 11.8 Å². The second kappa shape index (κ2) is 8.11. The highest BCUT2D eigenvalue weighted by Gasteiger charge is 2.57. The van der Waals surface area contributed by atoms with Crippen molar-refractivity contribution < 1.29 is 9.47 Å². The molecule has 3 aromatic heterocycles. The lowest BCUT2D eigenvalue weighted by atomic mass is 9.88. The predicted molar refractivity (Wildman–Crippen MR) is 136 cm³/mol. The number of halogens is 1. The molecule has 0 radical (unpaired) electrons. The molecule has 5 atom stereocenters. The lowest BCUT2D eigenvalue weighted by Crippen LogP contribution is -2.30. The first-order valence-electron chi connectivity index (χ1n) is 12.0. The molecular formula is C27H29BrN4O2. The van der Waals surface area contributed by atoms with Crippen LogP contribution in [0.1, 0.15) is 44.5 Å². The van der Waals surface area contributed by atoms with E-state index in [0.29, 0.717) is 11.8 Å². The molecule has 6 rings (SSSR count). The Morgan fingerprint density at radius 1 is 1.06 bits per heavy atom. The smallest absolute Gasteiger partial charge is 0.163 e. The number of nitrogens with zero attached hydrogens (tertiary/aromatic N) is 4. The molecule has 4 aromatic rings. The molecule has 2 unspecified atom stereocenters. The molecule has 2 fully saturated rings. The average molecular weight is 521 g/mol. The van der Waals surface area contributed by atoms with Gasteiger partial charge in [-0.05, 0) is 85.1 Å². The maximum absolute atomic E-state index is 6.51. The summed E-state index contributed by atoms with van der Waals surface area (Å²) in [4.78, 5) is 13.6. The third-order valence-corrected chi connectivity index (χ3v) is 8.08. The molecule has 1 aromatic carbocycles. The summed E-state index contributed by atoms with van der Waals surface area (Å²) in [5.41, 5.74) is 4.32. The van der Waals surface area contributed by atoms with Gasteiger partial charge in [-0.25, -0.2) is 9.97 Å². The van der Waals surface area contributed by atoms with E-state index >= 15 is 0 Å². The fraction of sp³-hybridized carbons (Fsp3) is 0.444. The topological polar surface area (TPSA) is 62.1 Å². The van der Waals surface area contributed by atoms with Crippen molar-refractivity contribution in [1.29, 1.82) is 0 Å². The molecule has 6 nitrogen and oxygen atoms in total. The highest BCUT2D eigenvalue weighted by Crippen LogP contribution is 2.52. The highest BCUT2D eigenvalue weighted by molar-refractivity contribution is 9.10. The van der Waals surface area contributed by atoms with Crippen molar-refractivity contribution >= 4 is 37.9 Å². The Balaban J connectivity index is 1.30. The lowest BCUT2D eigenvalue weighted by molar-refractivity contribution is -0.165. The summed E-state index contributed by atoms with van der Waals surface area (Å²) >= 11 is 3.51. The first-order valence-corrected chi connectivity index (χ1v) is 12.8. The number of hydrogen-bond acceptors (Lipinski definition) is 5. The summed E-state index contributed by atoms with van der Waals surface area (Å²) in [5, 5.41) is 2.25. The van der Waals surface area contributed by atoms with Crippen LogP contribution in [-0.4, -0.2) is 37.5 Å². The number of pyridine rings is 1. The van der Waals surface area contributed by atoms with Crippen molar-refractivity contribution in [3.05, 3.63) is 64.8 Å². The van der Waals surface area contributed by atoms with Gasteiger partial charge in [-0.2, -0.15) is 0 Å². The molecule has 0 spiro atoms. The summed E-state index contributed by atoms with van der Waals surface area (Å²) < 4.78 is 16.3. The van der Waals surface area contributed by atoms with Gasteiger partial charge in [0.05, 0.1) is 23.4 Å². The van der Waals surface area contributed by atoms with Crippen LogP contribution in [0, 0.1) is 18.8 Å². The number of hydrogen-bond donors (Lipinski definition) is 0. The lowest BCUT2D eigenvalue weighted by Gasteiger charge is -2.29. The van der Waals surface area contributed by atoms with Gasteiger partial charge in [0, 0.05) is 27.6 Å². The molecule has 176 valence electrons. The zero-order chi connectivity index (χ0) is 23.6. The molecule has 4 heterocycles. The minimum Gasteiger partial charge on any atom is -0.344 e. The number of aromatic nitrogens is 4. The molecule has 0 N–H and O–H groups in total. The van der Waals surface area contributed by atoms with Gasteiger partial charge < -0.3 is 14.0 Å². The van der Waals surface area contributed by atoms with Gasteiger partial charge in [0.1, 0.15) is 18.1 Å². The van der Waals surface area contributed by atoms with Crippen LogP contribution in [0.3, 0.4) is 0 Å².